The van der Waals surface area contributed by atoms with Crippen LogP contribution in [0.4, 0.5) is 0 Å². The van der Waals surface area contributed by atoms with Gasteiger partial charge >= 0.3 is 0 Å². The number of hydrogen-bond donors (Lipinski definition) is 2. The molecular weight excluding hydrogens is 936 g/mol. The van der Waals surface area contributed by atoms with E-state index in [1.165, 1.54) is 199 Å². The number of phosphoric acid groups is 1. The van der Waals surface area contributed by atoms with E-state index in [1.54, 1.807) is 0 Å². The summed E-state index contributed by atoms with van der Waals surface area (Å²) in [6.45, 7) is 4.62. The molecule has 8 nitrogen and oxygen atoms in total. The molecule has 0 saturated carbocycles. The Morgan fingerprint density at radius 2 is 0.824 bits per heavy atom. The average molecular weight is 1060 g/mol. The molecule has 0 bridgehead atoms. The van der Waals surface area contributed by atoms with Crippen LogP contribution in [0.3, 0.4) is 0 Å². The van der Waals surface area contributed by atoms with E-state index in [2.05, 4.69) is 79.9 Å². The van der Waals surface area contributed by atoms with Crippen LogP contribution in [0.2, 0.25) is 0 Å². The number of aliphatic hydroxyl groups excluding tert-OH is 1. The Hall–Kier alpha value is -1.80. The van der Waals surface area contributed by atoms with Gasteiger partial charge in [0.25, 0.3) is 7.82 Å². The fraction of sp³-hybridized carbons (Fsp3) is 0.831. The number of nitrogens with zero attached hydrogens (tertiary/aromatic N) is 1. The number of aliphatic hydroxyl groups is 1. The molecule has 74 heavy (non-hydrogen) atoms. The van der Waals surface area contributed by atoms with Gasteiger partial charge in [-0.25, -0.2) is 0 Å². The highest BCUT2D eigenvalue weighted by Crippen LogP contribution is 2.38. The highest BCUT2D eigenvalue weighted by Gasteiger charge is 2.24. The summed E-state index contributed by atoms with van der Waals surface area (Å²) in [5.74, 6) is -0.162. The van der Waals surface area contributed by atoms with Crippen molar-refractivity contribution in [1.29, 1.82) is 0 Å². The molecule has 0 heterocycles. The van der Waals surface area contributed by atoms with E-state index in [-0.39, 0.29) is 19.1 Å². The highest BCUT2D eigenvalue weighted by atomic mass is 31.2. The lowest BCUT2D eigenvalue weighted by Crippen LogP contribution is -2.46. The first kappa shape index (κ1) is 72.2. The molecule has 0 saturated heterocycles. The van der Waals surface area contributed by atoms with Crippen LogP contribution in [0.25, 0.3) is 0 Å². The highest BCUT2D eigenvalue weighted by molar-refractivity contribution is 7.45. The van der Waals surface area contributed by atoms with Crippen molar-refractivity contribution < 1.29 is 32.9 Å². The van der Waals surface area contributed by atoms with Gasteiger partial charge in [0.05, 0.1) is 39.9 Å². The number of phosphoric ester groups is 1. The van der Waals surface area contributed by atoms with Crippen molar-refractivity contribution in [2.75, 3.05) is 40.9 Å². The molecule has 3 atom stereocenters. The Kier molecular flexibility index (Phi) is 54.6. The van der Waals surface area contributed by atoms with Crippen LogP contribution in [0.15, 0.2) is 60.8 Å². The summed E-state index contributed by atoms with van der Waals surface area (Å²) < 4.78 is 23.4. The van der Waals surface area contributed by atoms with Gasteiger partial charge in [0, 0.05) is 6.42 Å². The number of quaternary nitrogens is 1. The minimum Gasteiger partial charge on any atom is -0.756 e. The lowest BCUT2D eigenvalue weighted by Gasteiger charge is -2.30. The van der Waals surface area contributed by atoms with Crippen LogP contribution in [0.1, 0.15) is 296 Å². The van der Waals surface area contributed by atoms with Gasteiger partial charge in [-0.3, -0.25) is 9.36 Å². The van der Waals surface area contributed by atoms with Crippen molar-refractivity contribution in [2.24, 2.45) is 0 Å². The zero-order chi connectivity index (χ0) is 54.2. The predicted octanol–water partition coefficient (Wildman–Crippen LogP) is 19.0. The van der Waals surface area contributed by atoms with E-state index >= 15 is 0 Å². The Morgan fingerprint density at radius 3 is 1.20 bits per heavy atom. The topological polar surface area (TPSA) is 108 Å². The van der Waals surface area contributed by atoms with Crippen LogP contribution in [0.5, 0.6) is 0 Å². The van der Waals surface area contributed by atoms with Crippen LogP contribution >= 0.6 is 7.82 Å². The van der Waals surface area contributed by atoms with Gasteiger partial charge in [-0.15, -0.1) is 0 Å². The molecule has 1 amide bonds. The van der Waals surface area contributed by atoms with Gasteiger partial charge in [0.2, 0.25) is 5.91 Å². The fourth-order valence-electron chi connectivity index (χ4n) is 9.36. The van der Waals surface area contributed by atoms with Gasteiger partial charge in [-0.05, 0) is 57.8 Å². The maximum atomic E-state index is 13.0. The minimum atomic E-state index is -4.57. The first-order valence-electron chi connectivity index (χ1n) is 31.6. The quantitative estimate of drug-likeness (QED) is 0.0272. The van der Waals surface area contributed by atoms with E-state index < -0.39 is 20.0 Å². The number of nitrogens with one attached hydrogen (secondary N) is 1. The SMILES string of the molecule is CC/C=C\C/C=C\C/C=C\C/C=C\C/C=C\CCCCCCCCCCCCCCCCCCCCCCCCCCCC(=O)NC(COP(=O)([O-])OCC[N+](C)(C)C)C(O)CCCCCCCCCCCCC. The molecule has 0 spiro atoms. The minimum absolute atomic E-state index is 0.0134. The summed E-state index contributed by atoms with van der Waals surface area (Å²) in [4.78, 5) is 25.5. The maximum Gasteiger partial charge on any atom is 0.268 e. The van der Waals surface area contributed by atoms with E-state index in [9.17, 15) is 19.4 Å². The van der Waals surface area contributed by atoms with Crippen LogP contribution in [-0.2, 0) is 18.4 Å². The van der Waals surface area contributed by atoms with Crippen molar-refractivity contribution in [3.8, 4) is 0 Å². The molecule has 0 aromatic carbocycles. The Balaban J connectivity index is 3.80. The third-order valence-electron chi connectivity index (χ3n) is 14.3. The lowest BCUT2D eigenvalue weighted by atomic mass is 10.0. The van der Waals surface area contributed by atoms with E-state index in [0.29, 0.717) is 23.9 Å². The molecule has 0 aromatic rings. The van der Waals surface area contributed by atoms with Crippen molar-refractivity contribution in [3.63, 3.8) is 0 Å². The second-order valence-electron chi connectivity index (χ2n) is 22.7. The molecule has 0 aliphatic heterocycles. The van der Waals surface area contributed by atoms with Crippen molar-refractivity contribution in [2.45, 2.75) is 309 Å². The molecule has 0 aliphatic rings. The Morgan fingerprint density at radius 1 is 0.486 bits per heavy atom. The molecule has 0 aromatic heterocycles. The third kappa shape index (κ3) is 57.9. The zero-order valence-electron chi connectivity index (χ0n) is 49.5. The molecule has 434 valence electrons. The number of unbranched alkanes of at least 4 members (excludes halogenated alkanes) is 35. The summed E-state index contributed by atoms with van der Waals surface area (Å²) in [6, 6.07) is -0.798. The van der Waals surface area contributed by atoms with E-state index in [0.717, 1.165) is 70.6 Å². The predicted molar refractivity (Wildman–Crippen MR) is 321 cm³/mol. The summed E-state index contributed by atoms with van der Waals surface area (Å²) in [6.07, 6.45) is 75.9. The van der Waals surface area contributed by atoms with Crippen molar-refractivity contribution >= 4 is 13.7 Å². The van der Waals surface area contributed by atoms with Gasteiger partial charge in [0.1, 0.15) is 13.2 Å². The second kappa shape index (κ2) is 55.9. The smallest absolute Gasteiger partial charge is 0.268 e. The van der Waals surface area contributed by atoms with Crippen molar-refractivity contribution in [1.82, 2.24) is 5.32 Å². The molecule has 0 fully saturated rings. The van der Waals surface area contributed by atoms with Crippen LogP contribution < -0.4 is 10.2 Å². The fourth-order valence-corrected chi connectivity index (χ4v) is 10.1. The Bertz CT molecular complexity index is 1390. The second-order valence-corrected chi connectivity index (χ2v) is 24.2. The molecule has 0 radical (unpaired) electrons. The van der Waals surface area contributed by atoms with E-state index in [4.69, 9.17) is 9.05 Å². The van der Waals surface area contributed by atoms with Gasteiger partial charge in [0.15, 0.2) is 0 Å². The lowest BCUT2D eigenvalue weighted by molar-refractivity contribution is -0.870. The summed E-state index contributed by atoms with van der Waals surface area (Å²) >= 11 is 0. The number of carbonyl (C=O) groups excluding carboxylic acids is 1. The number of likely N-dealkylation sites (N-methyl/N-ethyl adjacent to an activating group) is 1. The summed E-state index contributed by atoms with van der Waals surface area (Å²) in [5, 5.41) is 14.0. The molecule has 3 unspecified atom stereocenters. The molecule has 0 rings (SSSR count). The number of allylic oxidation sites excluding steroid dienone is 10. The number of carbonyl (C=O) groups is 1. The first-order valence-corrected chi connectivity index (χ1v) is 33.1. The number of amides is 1. The largest absolute Gasteiger partial charge is 0.756 e. The van der Waals surface area contributed by atoms with Crippen LogP contribution in [-0.4, -0.2) is 68.5 Å². The van der Waals surface area contributed by atoms with Crippen LogP contribution in [0, 0.1) is 0 Å². The van der Waals surface area contributed by atoms with Gasteiger partial charge in [-0.2, -0.15) is 0 Å². The Labute approximate surface area is 460 Å². The first-order chi connectivity index (χ1) is 36.0. The molecular formula is C65H123N2O6P. The maximum absolute atomic E-state index is 13.0. The van der Waals surface area contributed by atoms with Crippen molar-refractivity contribution in [3.05, 3.63) is 60.8 Å². The third-order valence-corrected chi connectivity index (χ3v) is 15.2. The normalized spacial score (nSPS) is 14.2. The molecule has 9 heteroatoms. The standard InChI is InChI=1S/C65H123N2O6P/c1-6-8-10-12-14-16-18-19-20-21-22-23-24-25-26-27-28-29-30-31-32-33-34-35-36-37-38-39-40-41-42-43-44-45-46-47-49-51-53-55-57-59-65(69)66-63(62-73-74(70,71)72-61-60-67(3,4)5)64(68)58-56-54-52-50-48-17-15-13-11-9-7-2/h8,10,14,16,19-20,22-23,25-26,63-64,68H,6-7,9,11-13,15,17-18,21,24,27-62H2,1-5H3,(H-,66,69,70,71)/b10-8-,16-14-,20-19-,23-22-,26-25-. The van der Waals surface area contributed by atoms with Gasteiger partial charge < -0.3 is 28.8 Å². The number of hydrogen-bond acceptors (Lipinski definition) is 6. The van der Waals surface area contributed by atoms with E-state index in [1.807, 2.05) is 21.1 Å². The summed E-state index contributed by atoms with van der Waals surface area (Å²) in [5.41, 5.74) is 0. The number of rotatable bonds is 58. The molecule has 0 aliphatic carbocycles. The monoisotopic (exact) mass is 1060 g/mol. The average Bonchev–Trinajstić information content (AvgIpc) is 3.36. The van der Waals surface area contributed by atoms with Gasteiger partial charge in [-0.1, -0.05) is 293 Å². The molecule has 2 N–H and O–H groups in total. The summed E-state index contributed by atoms with van der Waals surface area (Å²) in [7, 11) is 1.31. The zero-order valence-corrected chi connectivity index (χ0v) is 50.4.